The van der Waals surface area contributed by atoms with Crippen LogP contribution < -0.4 is 10.6 Å². The fraction of sp³-hybridized carbons (Fsp3) is 0.455. The Labute approximate surface area is 175 Å². The Bertz CT molecular complexity index is 839. The predicted octanol–water partition coefficient (Wildman–Crippen LogP) is 3.10. The second-order valence-corrected chi connectivity index (χ2v) is 8.60. The van der Waals surface area contributed by atoms with Crippen LogP contribution in [0.4, 0.5) is 4.79 Å². The van der Waals surface area contributed by atoms with Crippen molar-refractivity contribution >= 4 is 23.3 Å². The average Bonchev–Trinajstić information content (AvgIpc) is 3.25. The Balaban J connectivity index is 1.23. The number of benzene rings is 1. The van der Waals surface area contributed by atoms with E-state index >= 15 is 0 Å². The molecule has 1 fully saturated rings. The molecule has 6 nitrogen and oxygen atoms in total. The van der Waals surface area contributed by atoms with Gasteiger partial charge in [0.25, 0.3) is 0 Å². The van der Waals surface area contributed by atoms with Crippen molar-refractivity contribution in [2.75, 3.05) is 26.2 Å². The molecule has 2 N–H and O–H groups in total. The van der Waals surface area contributed by atoms with Crippen LogP contribution in [0.5, 0.6) is 0 Å². The molecule has 0 radical (unpaired) electrons. The SMILES string of the molecule is O=C(NCC(=O)N1CCc2sccc2C1)NCC1CCCOC1c1ccccc1. The van der Waals surface area contributed by atoms with Gasteiger partial charge in [0.15, 0.2) is 0 Å². The number of carbonyl (C=O) groups excluding carboxylic acids is 2. The van der Waals surface area contributed by atoms with Gasteiger partial charge in [-0.2, -0.15) is 0 Å². The van der Waals surface area contributed by atoms with E-state index in [1.54, 1.807) is 11.3 Å². The van der Waals surface area contributed by atoms with Crippen molar-refractivity contribution in [3.8, 4) is 0 Å². The summed E-state index contributed by atoms with van der Waals surface area (Å²) in [6.45, 7) is 2.65. The second-order valence-electron chi connectivity index (χ2n) is 7.60. The fourth-order valence-electron chi connectivity index (χ4n) is 4.08. The topological polar surface area (TPSA) is 70.7 Å². The third-order valence-corrected chi connectivity index (χ3v) is 6.68. The third kappa shape index (κ3) is 4.97. The Kier molecular flexibility index (Phi) is 6.46. The Morgan fingerprint density at radius 2 is 2.03 bits per heavy atom. The molecule has 2 aliphatic heterocycles. The molecule has 2 unspecified atom stereocenters. The molecule has 154 valence electrons. The zero-order chi connectivity index (χ0) is 20.1. The number of amides is 3. The van der Waals surface area contributed by atoms with Gasteiger partial charge in [0.05, 0.1) is 12.6 Å². The molecule has 2 aliphatic rings. The maximum atomic E-state index is 12.4. The number of rotatable bonds is 5. The quantitative estimate of drug-likeness (QED) is 0.791. The molecule has 0 aliphatic carbocycles. The van der Waals surface area contributed by atoms with Gasteiger partial charge in [0.1, 0.15) is 0 Å². The maximum Gasteiger partial charge on any atom is 0.315 e. The molecule has 2 aromatic rings. The summed E-state index contributed by atoms with van der Waals surface area (Å²) in [7, 11) is 0. The van der Waals surface area contributed by atoms with Crippen molar-refractivity contribution in [3.05, 3.63) is 57.8 Å². The predicted molar refractivity (Wildman–Crippen MR) is 113 cm³/mol. The van der Waals surface area contributed by atoms with Crippen LogP contribution in [0.25, 0.3) is 0 Å². The smallest absolute Gasteiger partial charge is 0.315 e. The lowest BCUT2D eigenvalue weighted by Crippen LogP contribution is -2.46. The van der Waals surface area contributed by atoms with E-state index in [2.05, 4.69) is 34.2 Å². The summed E-state index contributed by atoms with van der Waals surface area (Å²) in [6.07, 6.45) is 2.90. The summed E-state index contributed by atoms with van der Waals surface area (Å²) in [5.74, 6) is 0.187. The van der Waals surface area contributed by atoms with Crippen molar-refractivity contribution in [3.63, 3.8) is 0 Å². The molecule has 1 saturated heterocycles. The third-order valence-electron chi connectivity index (χ3n) is 5.66. The minimum absolute atomic E-state index is 0.0000358. The van der Waals surface area contributed by atoms with Gasteiger partial charge in [-0.3, -0.25) is 4.79 Å². The summed E-state index contributed by atoms with van der Waals surface area (Å²) in [5, 5.41) is 7.71. The van der Waals surface area contributed by atoms with E-state index in [-0.39, 0.29) is 30.5 Å². The van der Waals surface area contributed by atoms with E-state index in [9.17, 15) is 9.59 Å². The molecule has 29 heavy (non-hydrogen) atoms. The average molecular weight is 414 g/mol. The van der Waals surface area contributed by atoms with Crippen molar-refractivity contribution in [2.45, 2.75) is 31.9 Å². The molecule has 7 heteroatoms. The van der Waals surface area contributed by atoms with Crippen LogP contribution in [0.15, 0.2) is 41.8 Å². The van der Waals surface area contributed by atoms with Gasteiger partial charge in [-0.05, 0) is 41.8 Å². The van der Waals surface area contributed by atoms with Gasteiger partial charge in [0.2, 0.25) is 5.91 Å². The zero-order valence-corrected chi connectivity index (χ0v) is 17.2. The highest BCUT2D eigenvalue weighted by Crippen LogP contribution is 2.33. The Morgan fingerprint density at radius 3 is 2.90 bits per heavy atom. The lowest BCUT2D eigenvalue weighted by atomic mass is 9.89. The maximum absolute atomic E-state index is 12.4. The van der Waals surface area contributed by atoms with Crippen LogP contribution in [0.3, 0.4) is 0 Å². The normalized spacial score (nSPS) is 21.3. The lowest BCUT2D eigenvalue weighted by molar-refractivity contribution is -0.130. The zero-order valence-electron chi connectivity index (χ0n) is 16.4. The van der Waals surface area contributed by atoms with Gasteiger partial charge < -0.3 is 20.3 Å². The number of hydrogen-bond acceptors (Lipinski definition) is 4. The highest BCUT2D eigenvalue weighted by Gasteiger charge is 2.28. The summed E-state index contributed by atoms with van der Waals surface area (Å²) >= 11 is 1.75. The highest BCUT2D eigenvalue weighted by atomic mass is 32.1. The number of nitrogens with one attached hydrogen (secondary N) is 2. The fourth-order valence-corrected chi connectivity index (χ4v) is 4.97. The van der Waals surface area contributed by atoms with E-state index in [4.69, 9.17) is 4.74 Å². The minimum atomic E-state index is -0.302. The first-order valence-electron chi connectivity index (χ1n) is 10.2. The van der Waals surface area contributed by atoms with Gasteiger partial charge in [0, 0.05) is 37.0 Å². The number of thiophene rings is 1. The number of carbonyl (C=O) groups is 2. The van der Waals surface area contributed by atoms with E-state index in [0.29, 0.717) is 19.6 Å². The molecule has 2 atom stereocenters. The summed E-state index contributed by atoms with van der Waals surface area (Å²) in [4.78, 5) is 27.9. The first-order chi connectivity index (χ1) is 14.2. The van der Waals surface area contributed by atoms with Crippen molar-refractivity contribution in [2.24, 2.45) is 5.92 Å². The molecule has 1 aromatic carbocycles. The number of nitrogens with zero attached hydrogens (tertiary/aromatic N) is 1. The van der Waals surface area contributed by atoms with Crippen LogP contribution >= 0.6 is 11.3 Å². The molecule has 1 aromatic heterocycles. The first-order valence-corrected chi connectivity index (χ1v) is 11.1. The van der Waals surface area contributed by atoms with Gasteiger partial charge in [-0.25, -0.2) is 4.79 Å². The highest BCUT2D eigenvalue weighted by molar-refractivity contribution is 7.10. The Hall–Kier alpha value is -2.38. The van der Waals surface area contributed by atoms with Crippen LogP contribution in [0, 0.1) is 5.92 Å². The van der Waals surface area contributed by atoms with Crippen LogP contribution in [-0.2, 0) is 22.5 Å². The molecule has 0 spiro atoms. The first kappa shape index (κ1) is 19.9. The minimum Gasteiger partial charge on any atom is -0.373 e. The number of ether oxygens (including phenoxy) is 1. The standard InChI is InChI=1S/C22H27N3O3S/c26-20(25-10-8-19-18(15-25)9-12-29-19)14-24-22(27)23-13-17-7-4-11-28-21(17)16-5-2-1-3-6-16/h1-3,5-6,9,12,17,21H,4,7-8,10-11,13-15H2,(H2,23,24,27). The van der Waals surface area contributed by atoms with Crippen LogP contribution in [-0.4, -0.2) is 43.1 Å². The summed E-state index contributed by atoms with van der Waals surface area (Å²) < 4.78 is 5.98. The summed E-state index contributed by atoms with van der Waals surface area (Å²) in [5.41, 5.74) is 2.37. The molecule has 3 heterocycles. The second kappa shape index (κ2) is 9.41. The van der Waals surface area contributed by atoms with Crippen LogP contribution in [0.1, 0.15) is 34.9 Å². The molecule has 4 rings (SSSR count). The van der Waals surface area contributed by atoms with E-state index in [1.165, 1.54) is 10.4 Å². The molecular weight excluding hydrogens is 386 g/mol. The lowest BCUT2D eigenvalue weighted by Gasteiger charge is -2.32. The monoisotopic (exact) mass is 413 g/mol. The molecular formula is C22H27N3O3S. The van der Waals surface area contributed by atoms with E-state index in [0.717, 1.165) is 31.4 Å². The van der Waals surface area contributed by atoms with Crippen LogP contribution in [0.2, 0.25) is 0 Å². The van der Waals surface area contributed by atoms with Gasteiger partial charge in [-0.1, -0.05) is 30.3 Å². The molecule has 0 bridgehead atoms. The summed E-state index contributed by atoms with van der Waals surface area (Å²) in [6, 6.07) is 11.9. The van der Waals surface area contributed by atoms with Gasteiger partial charge in [-0.15, -0.1) is 11.3 Å². The van der Waals surface area contributed by atoms with E-state index < -0.39 is 0 Å². The van der Waals surface area contributed by atoms with Crippen molar-refractivity contribution in [1.82, 2.24) is 15.5 Å². The molecule has 3 amide bonds. The largest absolute Gasteiger partial charge is 0.373 e. The number of fused-ring (bicyclic) bond motifs is 1. The Morgan fingerprint density at radius 1 is 1.17 bits per heavy atom. The van der Waals surface area contributed by atoms with Gasteiger partial charge >= 0.3 is 6.03 Å². The van der Waals surface area contributed by atoms with Crippen molar-refractivity contribution in [1.29, 1.82) is 0 Å². The van der Waals surface area contributed by atoms with Crippen molar-refractivity contribution < 1.29 is 14.3 Å². The number of urea groups is 1. The van der Waals surface area contributed by atoms with E-state index in [1.807, 2.05) is 23.1 Å². The number of hydrogen-bond donors (Lipinski definition) is 2. The molecule has 0 saturated carbocycles.